The third kappa shape index (κ3) is 7.45. The van der Waals surface area contributed by atoms with Crippen LogP contribution in [0.1, 0.15) is 69.2 Å². The van der Waals surface area contributed by atoms with Gasteiger partial charge in [-0.1, -0.05) is 93.6 Å². The van der Waals surface area contributed by atoms with E-state index in [2.05, 4.69) is 124 Å². The van der Waals surface area contributed by atoms with E-state index in [4.69, 9.17) is 4.74 Å². The predicted molar refractivity (Wildman–Crippen MR) is 186 cm³/mol. The van der Waals surface area contributed by atoms with Crippen LogP contribution in [0.25, 0.3) is 0 Å². The molecule has 1 N–H and O–H groups in total. The maximum absolute atomic E-state index is 13.9. The Morgan fingerprint density at radius 2 is 1.55 bits per heavy atom. The number of methoxy groups -OCH3 is 1. The summed E-state index contributed by atoms with van der Waals surface area (Å²) in [5, 5.41) is 4.06. The average molecular weight is 641 g/mol. The molecule has 3 aliphatic rings. The topological polar surface area (TPSA) is 44.8 Å². The fourth-order valence-electron chi connectivity index (χ4n) is 7.42. The highest BCUT2D eigenvalue weighted by Crippen LogP contribution is 2.45. The van der Waals surface area contributed by atoms with Crippen molar-refractivity contribution in [2.24, 2.45) is 11.8 Å². The van der Waals surface area contributed by atoms with Crippen LogP contribution in [0.5, 0.6) is 5.75 Å². The minimum Gasteiger partial charge on any atom is -0.496 e. The van der Waals surface area contributed by atoms with E-state index in [0.29, 0.717) is 12.5 Å². The minimum atomic E-state index is 0. The Labute approximate surface area is 277 Å². The first kappa shape index (κ1) is 35.9. The fourth-order valence-corrected chi connectivity index (χ4v) is 7.42. The number of carbonyl (C=O) groups excluding carboxylic acids is 1. The van der Waals surface area contributed by atoms with E-state index in [0.717, 1.165) is 38.3 Å². The molecule has 3 saturated heterocycles. The van der Waals surface area contributed by atoms with Crippen molar-refractivity contribution in [3.05, 3.63) is 101 Å². The van der Waals surface area contributed by atoms with E-state index in [9.17, 15) is 4.79 Å². The number of nitrogens with zero attached hydrogens (tertiary/aromatic N) is 2. The quantitative estimate of drug-likeness (QED) is 0.253. The monoisotopic (exact) mass is 639 g/mol. The number of fused-ring (bicyclic) bond motifs is 3. The lowest BCUT2D eigenvalue weighted by Gasteiger charge is -2.57. The molecule has 0 radical (unpaired) electrons. The zero-order valence-corrected chi connectivity index (χ0v) is 28.8. The van der Waals surface area contributed by atoms with Crippen LogP contribution in [0.3, 0.4) is 0 Å². The van der Waals surface area contributed by atoms with Gasteiger partial charge in [-0.2, -0.15) is 0 Å². The van der Waals surface area contributed by atoms with Gasteiger partial charge in [-0.3, -0.25) is 9.69 Å². The first-order valence-corrected chi connectivity index (χ1v) is 15.8. The lowest BCUT2D eigenvalue weighted by atomic mass is 9.66. The fraction of sp³-hybridized carbons (Fsp3) is 0.486. The van der Waals surface area contributed by atoms with Gasteiger partial charge >= 0.3 is 0 Å². The standard InChI is InChI=1S/C37H49N3O2.2ClH/c1-7-39(8-2)36(41)31-25-40-22-21-30(31)34(38-24-28-23-29(37(3,4)5)19-20-32(28)42-6)35(40)33(26-15-11-9-12-16-26)27-17-13-10-14-18-27;;/h9-20,23,30-31,33-35,38H,7-8,21-22,24-25H2,1-6H3;2*1H/t30-,31-,34-,35-;;/m0../s1. The number of benzene rings is 3. The highest BCUT2D eigenvalue weighted by Gasteiger charge is 2.52. The number of hydrogen-bond donors (Lipinski definition) is 1. The van der Waals surface area contributed by atoms with Crippen LogP contribution in [0, 0.1) is 11.8 Å². The molecule has 3 fully saturated rings. The van der Waals surface area contributed by atoms with Crippen LogP contribution in [0.15, 0.2) is 78.9 Å². The van der Waals surface area contributed by atoms with Crippen molar-refractivity contribution in [1.82, 2.24) is 15.1 Å². The molecule has 2 bridgehead atoms. The summed E-state index contributed by atoms with van der Waals surface area (Å²) in [5.41, 5.74) is 5.17. The second-order valence-corrected chi connectivity index (χ2v) is 13.0. The summed E-state index contributed by atoms with van der Waals surface area (Å²) in [5.74, 6) is 1.68. The molecule has 0 spiro atoms. The van der Waals surface area contributed by atoms with Crippen LogP contribution in [0.4, 0.5) is 0 Å². The van der Waals surface area contributed by atoms with Gasteiger partial charge in [0.05, 0.1) is 13.0 Å². The molecule has 44 heavy (non-hydrogen) atoms. The van der Waals surface area contributed by atoms with E-state index >= 15 is 0 Å². The van der Waals surface area contributed by atoms with E-state index in [1.54, 1.807) is 7.11 Å². The van der Waals surface area contributed by atoms with Crippen molar-refractivity contribution in [1.29, 1.82) is 0 Å². The van der Waals surface area contributed by atoms with Crippen molar-refractivity contribution in [3.63, 3.8) is 0 Å². The molecular formula is C37H51Cl2N3O2. The SMILES string of the molecule is CCN(CC)C(=O)[C@H]1CN2CC[C@@H]1[C@H](NCc1cc(C(C)(C)C)ccc1OC)[C@@H]2C(c1ccccc1)c1ccccc1.Cl.Cl. The Hall–Kier alpha value is -2.57. The number of nitrogens with one attached hydrogen (secondary N) is 1. The van der Waals surface area contributed by atoms with Gasteiger partial charge < -0.3 is 15.0 Å². The lowest BCUT2D eigenvalue weighted by Crippen LogP contribution is -2.69. The summed E-state index contributed by atoms with van der Waals surface area (Å²) in [6, 6.07) is 28.8. The van der Waals surface area contributed by atoms with Gasteiger partial charge in [0.1, 0.15) is 5.75 Å². The Balaban J connectivity index is 0.00000264. The molecule has 3 aromatic carbocycles. The normalized spacial score (nSPS) is 22.6. The van der Waals surface area contributed by atoms with Crippen LogP contribution in [-0.4, -0.2) is 61.1 Å². The van der Waals surface area contributed by atoms with Crippen molar-refractivity contribution >= 4 is 30.7 Å². The highest BCUT2D eigenvalue weighted by molar-refractivity contribution is 5.85. The second-order valence-electron chi connectivity index (χ2n) is 13.0. The number of hydrogen-bond acceptors (Lipinski definition) is 4. The molecule has 6 rings (SSSR count). The van der Waals surface area contributed by atoms with Crippen molar-refractivity contribution in [2.45, 2.75) is 71.0 Å². The van der Waals surface area contributed by atoms with Gasteiger partial charge in [0.25, 0.3) is 0 Å². The molecule has 1 amide bonds. The zero-order valence-electron chi connectivity index (χ0n) is 27.2. The maximum Gasteiger partial charge on any atom is 0.227 e. The van der Waals surface area contributed by atoms with E-state index in [1.807, 2.05) is 4.90 Å². The number of carbonyl (C=O) groups is 1. The first-order chi connectivity index (χ1) is 20.3. The number of rotatable bonds is 10. The van der Waals surface area contributed by atoms with Gasteiger partial charge in [-0.15, -0.1) is 24.8 Å². The third-order valence-electron chi connectivity index (χ3n) is 9.67. The molecule has 3 aliphatic heterocycles. The van der Waals surface area contributed by atoms with Crippen LogP contribution in [-0.2, 0) is 16.8 Å². The largest absolute Gasteiger partial charge is 0.496 e. The molecule has 7 heteroatoms. The van der Waals surface area contributed by atoms with Crippen LogP contribution >= 0.6 is 24.8 Å². The van der Waals surface area contributed by atoms with E-state index in [1.165, 1.54) is 22.3 Å². The molecule has 3 heterocycles. The van der Waals surface area contributed by atoms with Gasteiger partial charge in [-0.25, -0.2) is 0 Å². The molecule has 0 saturated carbocycles. The average Bonchev–Trinajstić information content (AvgIpc) is 3.01. The number of amides is 1. The second kappa shape index (κ2) is 15.6. The van der Waals surface area contributed by atoms with E-state index in [-0.39, 0.29) is 60.1 Å². The molecule has 5 nitrogen and oxygen atoms in total. The summed E-state index contributed by atoms with van der Waals surface area (Å²) >= 11 is 0. The third-order valence-corrected chi connectivity index (χ3v) is 9.67. The van der Waals surface area contributed by atoms with Crippen LogP contribution < -0.4 is 10.1 Å². The minimum absolute atomic E-state index is 0. The number of piperidine rings is 3. The van der Waals surface area contributed by atoms with Gasteiger partial charge in [0, 0.05) is 49.7 Å². The molecule has 240 valence electrons. The lowest BCUT2D eigenvalue weighted by molar-refractivity contribution is -0.145. The molecule has 3 aromatic rings. The van der Waals surface area contributed by atoms with E-state index < -0.39 is 0 Å². The van der Waals surface area contributed by atoms with Crippen molar-refractivity contribution < 1.29 is 9.53 Å². The van der Waals surface area contributed by atoms with Crippen molar-refractivity contribution in [2.75, 3.05) is 33.3 Å². The number of halogens is 2. The summed E-state index contributed by atoms with van der Waals surface area (Å²) in [6.45, 7) is 15.0. The van der Waals surface area contributed by atoms with Gasteiger partial charge in [0.15, 0.2) is 0 Å². The predicted octanol–water partition coefficient (Wildman–Crippen LogP) is 7.32. The molecule has 5 atom stereocenters. The Morgan fingerprint density at radius 3 is 2.07 bits per heavy atom. The Bertz CT molecular complexity index is 1290. The molecule has 1 unspecified atom stereocenters. The van der Waals surface area contributed by atoms with Crippen molar-refractivity contribution in [3.8, 4) is 5.75 Å². The smallest absolute Gasteiger partial charge is 0.227 e. The maximum atomic E-state index is 13.9. The molecule has 0 aromatic heterocycles. The van der Waals surface area contributed by atoms with Gasteiger partial charge in [-0.05, 0) is 60.9 Å². The highest BCUT2D eigenvalue weighted by atomic mass is 35.5. The Morgan fingerprint density at radius 1 is 0.955 bits per heavy atom. The summed E-state index contributed by atoms with van der Waals surface area (Å²) in [4.78, 5) is 18.5. The summed E-state index contributed by atoms with van der Waals surface area (Å²) < 4.78 is 5.84. The number of ether oxygens (including phenoxy) is 1. The van der Waals surface area contributed by atoms with Crippen LogP contribution in [0.2, 0.25) is 0 Å². The Kier molecular flexibility index (Phi) is 12.7. The molecule has 0 aliphatic carbocycles. The molecular weight excluding hydrogens is 589 g/mol. The van der Waals surface area contributed by atoms with Gasteiger partial charge in [0.2, 0.25) is 5.91 Å². The summed E-state index contributed by atoms with van der Waals surface area (Å²) in [6.07, 6.45) is 1.03. The summed E-state index contributed by atoms with van der Waals surface area (Å²) in [7, 11) is 1.76. The zero-order chi connectivity index (χ0) is 29.9. The first-order valence-electron chi connectivity index (χ1n) is 15.8.